The number of fused-ring (bicyclic) bond motifs is 5. The lowest BCUT2D eigenvalue weighted by Gasteiger charge is -2.60. The van der Waals surface area contributed by atoms with Crippen LogP contribution in [0.5, 0.6) is 0 Å². The third kappa shape index (κ3) is 3.11. The first-order valence-corrected chi connectivity index (χ1v) is 13.0. The summed E-state index contributed by atoms with van der Waals surface area (Å²) < 4.78 is 5.66. The van der Waals surface area contributed by atoms with Gasteiger partial charge in [-0.05, 0) is 111 Å². The van der Waals surface area contributed by atoms with Gasteiger partial charge in [0.2, 0.25) is 0 Å². The summed E-state index contributed by atoms with van der Waals surface area (Å²) in [5.74, 6) is 4.01. The van der Waals surface area contributed by atoms with Gasteiger partial charge in [0.1, 0.15) is 0 Å². The normalized spacial score (nSPS) is 50.8. The summed E-state index contributed by atoms with van der Waals surface area (Å²) in [5.41, 5.74) is 4.22. The molecule has 5 aliphatic carbocycles. The maximum absolute atomic E-state index is 10.4. The highest BCUT2D eigenvalue weighted by molar-refractivity contribution is 5.32. The summed E-state index contributed by atoms with van der Waals surface area (Å²) in [6, 6.07) is 0. The molecule has 0 saturated heterocycles. The second-order valence-corrected chi connectivity index (χ2v) is 11.9. The van der Waals surface area contributed by atoms with Crippen molar-refractivity contribution >= 4 is 0 Å². The predicted octanol–water partition coefficient (Wildman–Crippen LogP) is 6.69. The number of hydrogen-bond acceptors (Lipinski definition) is 2. The predicted molar refractivity (Wildman–Crippen MR) is 123 cm³/mol. The number of aliphatic hydroxyl groups is 1. The minimum atomic E-state index is -0.103. The summed E-state index contributed by atoms with van der Waals surface area (Å²) in [7, 11) is 1.89. The van der Waals surface area contributed by atoms with Crippen molar-refractivity contribution in [3.63, 3.8) is 0 Å². The summed E-state index contributed by atoms with van der Waals surface area (Å²) in [6.45, 7) is 7.61. The van der Waals surface area contributed by atoms with Gasteiger partial charge in [-0.15, -0.1) is 0 Å². The zero-order valence-corrected chi connectivity index (χ0v) is 19.8. The molecule has 0 heterocycles. The zero-order valence-electron chi connectivity index (χ0n) is 19.8. The Morgan fingerprint density at radius 2 is 1.73 bits per heavy atom. The standard InChI is InChI=1S/C28H44O2/c1-5-18-16-20-17-21(29)12-14-27(20,2)25-13-15-28(3)23(10-11-24(28)26(18)25)19-6-8-22(30-4)9-7-19/h10,16,18-19,21-22,24-26,29H,5-9,11-15,17H2,1-4H3/t18?,19?,21?,22?,24-,25+,26-,27-,28+/m0/s1. The van der Waals surface area contributed by atoms with Gasteiger partial charge in [0.15, 0.2) is 0 Å². The molecule has 0 aliphatic heterocycles. The van der Waals surface area contributed by atoms with Crippen molar-refractivity contribution in [3.05, 3.63) is 23.3 Å². The van der Waals surface area contributed by atoms with Crippen LogP contribution in [-0.4, -0.2) is 24.4 Å². The molecule has 2 unspecified atom stereocenters. The molecule has 5 rings (SSSR count). The van der Waals surface area contributed by atoms with Gasteiger partial charge in [-0.2, -0.15) is 0 Å². The van der Waals surface area contributed by atoms with E-state index in [1.807, 2.05) is 12.7 Å². The second kappa shape index (κ2) is 7.77. The Kier molecular flexibility index (Phi) is 5.50. The quantitative estimate of drug-likeness (QED) is 0.523. The lowest BCUT2D eigenvalue weighted by atomic mass is 9.44. The molecule has 3 saturated carbocycles. The van der Waals surface area contributed by atoms with Gasteiger partial charge in [-0.25, -0.2) is 0 Å². The van der Waals surface area contributed by atoms with E-state index in [0.717, 1.165) is 36.5 Å². The molecule has 5 aliphatic rings. The molecule has 168 valence electrons. The summed E-state index contributed by atoms with van der Waals surface area (Å²) in [6.07, 6.45) is 19.4. The smallest absolute Gasteiger partial charge is 0.0577 e. The molecule has 0 aromatic heterocycles. The van der Waals surface area contributed by atoms with Gasteiger partial charge in [0.25, 0.3) is 0 Å². The molecule has 0 bridgehead atoms. The Bertz CT molecular complexity index is 714. The number of hydrogen-bond donors (Lipinski definition) is 1. The highest BCUT2D eigenvalue weighted by Crippen LogP contribution is 2.67. The van der Waals surface area contributed by atoms with Crippen LogP contribution in [-0.2, 0) is 4.74 Å². The van der Waals surface area contributed by atoms with Crippen LogP contribution >= 0.6 is 0 Å². The molecule has 2 heteroatoms. The summed E-state index contributed by atoms with van der Waals surface area (Å²) in [4.78, 5) is 0. The molecular weight excluding hydrogens is 368 g/mol. The fourth-order valence-electron chi connectivity index (χ4n) is 9.04. The minimum Gasteiger partial charge on any atom is -0.393 e. The molecule has 0 aromatic rings. The van der Waals surface area contributed by atoms with E-state index < -0.39 is 0 Å². The van der Waals surface area contributed by atoms with Crippen LogP contribution in [0.25, 0.3) is 0 Å². The maximum atomic E-state index is 10.4. The largest absolute Gasteiger partial charge is 0.393 e. The Morgan fingerprint density at radius 1 is 1.00 bits per heavy atom. The first-order valence-electron chi connectivity index (χ1n) is 13.0. The van der Waals surface area contributed by atoms with Gasteiger partial charge in [0, 0.05) is 7.11 Å². The topological polar surface area (TPSA) is 29.5 Å². The van der Waals surface area contributed by atoms with E-state index >= 15 is 0 Å². The zero-order chi connectivity index (χ0) is 21.1. The number of aliphatic hydroxyl groups excluding tert-OH is 1. The maximum Gasteiger partial charge on any atom is 0.0577 e. The highest BCUT2D eigenvalue weighted by atomic mass is 16.5. The van der Waals surface area contributed by atoms with Crippen LogP contribution in [0, 0.1) is 40.4 Å². The molecule has 1 N–H and O–H groups in total. The van der Waals surface area contributed by atoms with Gasteiger partial charge >= 0.3 is 0 Å². The Morgan fingerprint density at radius 3 is 2.43 bits per heavy atom. The van der Waals surface area contributed by atoms with E-state index in [9.17, 15) is 5.11 Å². The molecule has 0 spiro atoms. The van der Waals surface area contributed by atoms with Crippen LogP contribution in [0.1, 0.15) is 91.4 Å². The minimum absolute atomic E-state index is 0.103. The molecule has 2 nitrogen and oxygen atoms in total. The van der Waals surface area contributed by atoms with E-state index in [2.05, 4.69) is 32.9 Å². The van der Waals surface area contributed by atoms with Crippen molar-refractivity contribution in [1.82, 2.24) is 0 Å². The number of rotatable bonds is 3. The van der Waals surface area contributed by atoms with E-state index in [1.165, 1.54) is 57.8 Å². The van der Waals surface area contributed by atoms with Gasteiger partial charge in [0.05, 0.1) is 12.2 Å². The summed E-state index contributed by atoms with van der Waals surface area (Å²) in [5, 5.41) is 10.4. The fourth-order valence-corrected chi connectivity index (χ4v) is 9.04. The first kappa shape index (κ1) is 21.3. The van der Waals surface area contributed by atoms with Crippen molar-refractivity contribution < 1.29 is 9.84 Å². The fraction of sp³-hybridized carbons (Fsp3) is 0.857. The Balaban J connectivity index is 1.42. The average molecular weight is 413 g/mol. The van der Waals surface area contributed by atoms with Crippen LogP contribution in [0.3, 0.4) is 0 Å². The third-order valence-electron chi connectivity index (χ3n) is 10.8. The Labute approximate surface area is 184 Å². The number of ether oxygens (including phenoxy) is 1. The molecule has 7 atom stereocenters. The van der Waals surface area contributed by atoms with Crippen molar-refractivity contribution in [2.24, 2.45) is 40.4 Å². The van der Waals surface area contributed by atoms with E-state index in [-0.39, 0.29) is 6.10 Å². The monoisotopic (exact) mass is 412 g/mol. The van der Waals surface area contributed by atoms with Crippen molar-refractivity contribution in [1.29, 1.82) is 0 Å². The summed E-state index contributed by atoms with van der Waals surface area (Å²) >= 11 is 0. The van der Waals surface area contributed by atoms with E-state index in [4.69, 9.17) is 4.74 Å². The van der Waals surface area contributed by atoms with Gasteiger partial charge in [-0.1, -0.05) is 44.1 Å². The molecule has 0 amide bonds. The molecule has 30 heavy (non-hydrogen) atoms. The molecule has 3 fully saturated rings. The van der Waals surface area contributed by atoms with Crippen LogP contribution in [0.2, 0.25) is 0 Å². The average Bonchev–Trinajstić information content (AvgIpc) is 3.11. The van der Waals surface area contributed by atoms with E-state index in [0.29, 0.717) is 22.9 Å². The first-order chi connectivity index (χ1) is 14.4. The molecule has 0 aromatic carbocycles. The van der Waals surface area contributed by atoms with Gasteiger partial charge < -0.3 is 9.84 Å². The lowest BCUT2D eigenvalue weighted by molar-refractivity contribution is -0.0549. The second-order valence-electron chi connectivity index (χ2n) is 11.9. The van der Waals surface area contributed by atoms with Gasteiger partial charge in [-0.3, -0.25) is 0 Å². The number of methoxy groups -OCH3 is 1. The lowest BCUT2D eigenvalue weighted by Crippen LogP contribution is -2.53. The van der Waals surface area contributed by atoms with E-state index in [1.54, 1.807) is 5.57 Å². The SMILES string of the molecule is CCC1C=C2CC(O)CC[C@]2(C)[C@@H]2CC[C@]3(C)C(C4CCC(OC)CC4)=CC[C@H]3[C@H]12. The van der Waals surface area contributed by atoms with Crippen LogP contribution < -0.4 is 0 Å². The Hall–Kier alpha value is -0.600. The third-order valence-corrected chi connectivity index (χ3v) is 10.8. The van der Waals surface area contributed by atoms with Crippen LogP contribution in [0.4, 0.5) is 0 Å². The highest BCUT2D eigenvalue weighted by Gasteiger charge is 2.59. The van der Waals surface area contributed by atoms with Crippen molar-refractivity contribution in [3.8, 4) is 0 Å². The van der Waals surface area contributed by atoms with Crippen molar-refractivity contribution in [2.45, 2.75) is 104 Å². The van der Waals surface area contributed by atoms with Crippen LogP contribution in [0.15, 0.2) is 23.3 Å². The molecular formula is C28H44O2. The molecule has 0 radical (unpaired) electrons. The number of allylic oxidation sites excluding steroid dienone is 3. The van der Waals surface area contributed by atoms with Crippen molar-refractivity contribution in [2.75, 3.05) is 7.11 Å².